The number of carbonyl (C=O) groups is 2. The monoisotopic (exact) mass is 386 g/mol. The van der Waals surface area contributed by atoms with Crippen LogP contribution in [0.2, 0.25) is 19.6 Å². The number of hydrogen-bond donors (Lipinski definition) is 0. The van der Waals surface area contributed by atoms with Gasteiger partial charge in [-0.1, -0.05) is 44.6 Å². The molecule has 0 aliphatic heterocycles. The second kappa shape index (κ2) is 10.7. The summed E-state index contributed by atoms with van der Waals surface area (Å²) in [5, 5.41) is 0. The summed E-state index contributed by atoms with van der Waals surface area (Å²) in [5.41, 5.74) is 6.16. The first-order valence-electron chi connectivity index (χ1n) is 9.33. The molecule has 1 atom stereocenters. The van der Waals surface area contributed by atoms with E-state index >= 15 is 0 Å². The summed E-state index contributed by atoms with van der Waals surface area (Å²) in [6.07, 6.45) is 3.45. The van der Waals surface area contributed by atoms with Gasteiger partial charge in [0.1, 0.15) is 8.07 Å². The molecule has 0 radical (unpaired) electrons. The molecule has 146 valence electrons. The summed E-state index contributed by atoms with van der Waals surface area (Å²) in [6, 6.07) is 5.86. The average molecular weight is 387 g/mol. The lowest BCUT2D eigenvalue weighted by Crippen LogP contribution is -2.16. The molecule has 0 N–H and O–H groups in total. The minimum Gasteiger partial charge on any atom is -0.466 e. The van der Waals surface area contributed by atoms with Gasteiger partial charge >= 0.3 is 11.9 Å². The Kier molecular flexibility index (Phi) is 9.03. The van der Waals surface area contributed by atoms with Crippen molar-refractivity contribution in [2.45, 2.75) is 52.8 Å². The summed E-state index contributed by atoms with van der Waals surface area (Å²) in [5.74, 6) is 2.72. The second-order valence-corrected chi connectivity index (χ2v) is 12.1. The molecule has 1 aromatic rings. The van der Waals surface area contributed by atoms with Crippen LogP contribution in [0.15, 0.2) is 24.3 Å². The summed E-state index contributed by atoms with van der Waals surface area (Å²) in [6.45, 7) is 12.9. The molecule has 5 heteroatoms. The quantitative estimate of drug-likeness (QED) is 0.299. The van der Waals surface area contributed by atoms with Crippen LogP contribution >= 0.6 is 0 Å². The minimum absolute atomic E-state index is 0.00179. The standard InChI is InChI=1S/C22H30O4Si/c1-7-25-21(23)12-10-18-9-11-20(17(3)15-22(24)26-8-2)19(16-18)13-14-27(4,5)6/h9-12,16-17H,7-8,15H2,1-6H3/b12-10+. The smallest absolute Gasteiger partial charge is 0.330 e. The fourth-order valence-corrected chi connectivity index (χ4v) is 2.91. The van der Waals surface area contributed by atoms with Crippen molar-refractivity contribution in [1.82, 2.24) is 0 Å². The summed E-state index contributed by atoms with van der Waals surface area (Å²) in [7, 11) is -1.55. The Morgan fingerprint density at radius 3 is 2.41 bits per heavy atom. The molecule has 1 aromatic carbocycles. The Bertz CT molecular complexity index is 748. The predicted molar refractivity (Wildman–Crippen MR) is 112 cm³/mol. The summed E-state index contributed by atoms with van der Waals surface area (Å²) in [4.78, 5) is 23.4. The zero-order chi connectivity index (χ0) is 20.4. The van der Waals surface area contributed by atoms with Crippen molar-refractivity contribution in [2.24, 2.45) is 0 Å². The van der Waals surface area contributed by atoms with Crippen LogP contribution in [0, 0.1) is 11.5 Å². The minimum atomic E-state index is -1.55. The molecule has 4 nitrogen and oxygen atoms in total. The Balaban J connectivity index is 3.19. The lowest BCUT2D eigenvalue weighted by atomic mass is 9.92. The van der Waals surface area contributed by atoms with Gasteiger partial charge in [-0.25, -0.2) is 4.79 Å². The third-order valence-corrected chi connectivity index (χ3v) is 4.53. The predicted octanol–water partition coefficient (Wildman–Crippen LogP) is 4.55. The maximum absolute atomic E-state index is 11.8. The fraction of sp³-hybridized carbons (Fsp3) is 0.455. The third-order valence-electron chi connectivity index (χ3n) is 3.66. The van der Waals surface area contributed by atoms with Crippen molar-refractivity contribution in [1.29, 1.82) is 0 Å². The van der Waals surface area contributed by atoms with Gasteiger partial charge in [-0.05, 0) is 43.0 Å². The normalized spacial score (nSPS) is 12.2. The highest BCUT2D eigenvalue weighted by molar-refractivity contribution is 6.83. The largest absolute Gasteiger partial charge is 0.466 e. The Hall–Kier alpha value is -2.32. The highest BCUT2D eigenvalue weighted by atomic mass is 28.3. The van der Waals surface area contributed by atoms with Crippen LogP contribution < -0.4 is 0 Å². The molecule has 27 heavy (non-hydrogen) atoms. The van der Waals surface area contributed by atoms with Gasteiger partial charge in [0.05, 0.1) is 19.6 Å². The molecule has 0 aromatic heterocycles. The molecule has 0 fully saturated rings. The lowest BCUT2D eigenvalue weighted by Gasteiger charge is -2.14. The molecule has 1 unspecified atom stereocenters. The molecule has 0 saturated heterocycles. The zero-order valence-electron chi connectivity index (χ0n) is 17.2. The number of rotatable bonds is 7. The van der Waals surface area contributed by atoms with Gasteiger partial charge < -0.3 is 9.47 Å². The van der Waals surface area contributed by atoms with Crippen LogP contribution in [-0.2, 0) is 19.1 Å². The molecule has 1 rings (SSSR count). The van der Waals surface area contributed by atoms with E-state index in [0.29, 0.717) is 19.6 Å². The van der Waals surface area contributed by atoms with Gasteiger partial charge in [-0.2, -0.15) is 0 Å². The number of hydrogen-bond acceptors (Lipinski definition) is 4. The Labute approximate surface area is 164 Å². The van der Waals surface area contributed by atoms with Gasteiger partial charge in [0.25, 0.3) is 0 Å². The lowest BCUT2D eigenvalue weighted by molar-refractivity contribution is -0.143. The van der Waals surface area contributed by atoms with E-state index in [0.717, 1.165) is 16.7 Å². The second-order valence-electron chi connectivity index (χ2n) is 7.34. The average Bonchev–Trinajstić information content (AvgIpc) is 2.58. The van der Waals surface area contributed by atoms with E-state index in [2.05, 4.69) is 31.1 Å². The molecule has 0 spiro atoms. The number of benzene rings is 1. The fourth-order valence-electron chi connectivity index (χ4n) is 2.40. The van der Waals surface area contributed by atoms with E-state index in [9.17, 15) is 9.59 Å². The van der Waals surface area contributed by atoms with Crippen molar-refractivity contribution >= 4 is 26.1 Å². The van der Waals surface area contributed by atoms with Gasteiger partial charge in [-0.15, -0.1) is 5.54 Å². The van der Waals surface area contributed by atoms with Crippen molar-refractivity contribution < 1.29 is 19.1 Å². The van der Waals surface area contributed by atoms with E-state index < -0.39 is 8.07 Å². The van der Waals surface area contributed by atoms with E-state index in [1.54, 1.807) is 19.9 Å². The third kappa shape index (κ3) is 8.74. The van der Waals surface area contributed by atoms with E-state index in [4.69, 9.17) is 9.47 Å². The number of ether oxygens (including phenoxy) is 2. The van der Waals surface area contributed by atoms with Crippen LogP contribution in [0.4, 0.5) is 0 Å². The van der Waals surface area contributed by atoms with Crippen molar-refractivity contribution in [3.05, 3.63) is 41.0 Å². The first kappa shape index (κ1) is 22.7. The number of carbonyl (C=O) groups excluding carboxylic acids is 2. The molecule has 0 heterocycles. The van der Waals surface area contributed by atoms with Crippen molar-refractivity contribution in [2.75, 3.05) is 13.2 Å². The molecule has 0 aliphatic carbocycles. The zero-order valence-corrected chi connectivity index (χ0v) is 18.2. The summed E-state index contributed by atoms with van der Waals surface area (Å²) >= 11 is 0. The SMILES string of the molecule is CCOC(=O)/C=C/c1ccc(C(C)CC(=O)OCC)c(C#C[Si](C)(C)C)c1. The van der Waals surface area contributed by atoms with E-state index in [1.165, 1.54) is 6.08 Å². The molecule has 0 bridgehead atoms. The van der Waals surface area contributed by atoms with Crippen LogP contribution in [0.5, 0.6) is 0 Å². The van der Waals surface area contributed by atoms with Gasteiger partial charge in [-0.3, -0.25) is 4.79 Å². The molecular formula is C22H30O4Si. The first-order valence-corrected chi connectivity index (χ1v) is 12.8. The Morgan fingerprint density at radius 1 is 1.15 bits per heavy atom. The molecular weight excluding hydrogens is 356 g/mol. The van der Waals surface area contributed by atoms with Crippen molar-refractivity contribution in [3.63, 3.8) is 0 Å². The summed E-state index contributed by atoms with van der Waals surface area (Å²) < 4.78 is 9.98. The Morgan fingerprint density at radius 2 is 1.81 bits per heavy atom. The van der Waals surface area contributed by atoms with Crippen LogP contribution in [-0.4, -0.2) is 33.2 Å². The van der Waals surface area contributed by atoms with Gasteiger partial charge in [0.2, 0.25) is 0 Å². The van der Waals surface area contributed by atoms with Crippen LogP contribution in [0.3, 0.4) is 0 Å². The van der Waals surface area contributed by atoms with Gasteiger partial charge in [0.15, 0.2) is 0 Å². The first-order chi connectivity index (χ1) is 12.7. The van der Waals surface area contributed by atoms with E-state index in [-0.39, 0.29) is 17.9 Å². The molecule has 0 aliphatic rings. The van der Waals surface area contributed by atoms with E-state index in [1.807, 2.05) is 25.1 Å². The maximum Gasteiger partial charge on any atom is 0.330 e. The van der Waals surface area contributed by atoms with Crippen LogP contribution in [0.25, 0.3) is 6.08 Å². The maximum atomic E-state index is 11.8. The molecule has 0 saturated carbocycles. The molecule has 0 amide bonds. The topological polar surface area (TPSA) is 52.6 Å². The highest BCUT2D eigenvalue weighted by Gasteiger charge is 2.16. The van der Waals surface area contributed by atoms with Gasteiger partial charge in [0, 0.05) is 11.6 Å². The highest BCUT2D eigenvalue weighted by Crippen LogP contribution is 2.25. The number of esters is 2. The van der Waals surface area contributed by atoms with Crippen molar-refractivity contribution in [3.8, 4) is 11.5 Å². The van der Waals surface area contributed by atoms with Crippen LogP contribution in [0.1, 0.15) is 49.8 Å².